The Morgan fingerprint density at radius 3 is 2.54 bits per heavy atom. The zero-order valence-corrected chi connectivity index (χ0v) is 16.3. The standard InChI is InChI=1S/C19H15BrFN3OS/c1-12-2-8-15(9-3-12)23-18(25)17-16(20)10-22-19(24-17)26-11-13-4-6-14(21)7-5-13/h2-10H,11H2,1H3,(H,23,25). The van der Waals surface area contributed by atoms with Crippen LogP contribution >= 0.6 is 27.7 Å². The molecule has 3 aromatic rings. The maximum absolute atomic E-state index is 13.0. The highest BCUT2D eigenvalue weighted by atomic mass is 79.9. The van der Waals surface area contributed by atoms with Crippen LogP contribution in [0.15, 0.2) is 64.4 Å². The van der Waals surface area contributed by atoms with Gasteiger partial charge in [0, 0.05) is 17.6 Å². The van der Waals surface area contributed by atoms with Crippen molar-refractivity contribution in [3.63, 3.8) is 0 Å². The number of rotatable bonds is 5. The number of hydrogen-bond acceptors (Lipinski definition) is 4. The zero-order chi connectivity index (χ0) is 18.5. The Morgan fingerprint density at radius 2 is 1.85 bits per heavy atom. The van der Waals surface area contributed by atoms with Crippen molar-refractivity contribution in [1.82, 2.24) is 9.97 Å². The van der Waals surface area contributed by atoms with Crippen LogP contribution in [0, 0.1) is 12.7 Å². The number of anilines is 1. The number of halogens is 2. The highest BCUT2D eigenvalue weighted by Crippen LogP contribution is 2.23. The first kappa shape index (κ1) is 18.5. The van der Waals surface area contributed by atoms with E-state index in [0.717, 1.165) is 11.1 Å². The second-order valence-corrected chi connectivity index (χ2v) is 7.38. The molecule has 0 saturated heterocycles. The summed E-state index contributed by atoms with van der Waals surface area (Å²) in [6.07, 6.45) is 1.56. The minimum Gasteiger partial charge on any atom is -0.321 e. The van der Waals surface area contributed by atoms with Gasteiger partial charge < -0.3 is 5.32 Å². The molecule has 0 spiro atoms. The largest absolute Gasteiger partial charge is 0.321 e. The van der Waals surface area contributed by atoms with Crippen molar-refractivity contribution >= 4 is 39.3 Å². The summed E-state index contributed by atoms with van der Waals surface area (Å²) < 4.78 is 13.5. The number of nitrogens with one attached hydrogen (secondary N) is 1. The molecule has 0 atom stereocenters. The van der Waals surface area contributed by atoms with Crippen LogP contribution in [0.4, 0.5) is 10.1 Å². The molecule has 7 heteroatoms. The third-order valence-corrected chi connectivity index (χ3v) is 5.04. The van der Waals surface area contributed by atoms with Crippen molar-refractivity contribution in [2.45, 2.75) is 17.8 Å². The summed E-state index contributed by atoms with van der Waals surface area (Å²) in [5.74, 6) is 0.00136. The molecule has 0 aliphatic rings. The molecule has 0 bridgehead atoms. The van der Waals surface area contributed by atoms with Gasteiger partial charge in [0.1, 0.15) is 11.5 Å². The maximum Gasteiger partial charge on any atom is 0.275 e. The predicted molar refractivity (Wildman–Crippen MR) is 105 cm³/mol. The molecular weight excluding hydrogens is 417 g/mol. The summed E-state index contributed by atoms with van der Waals surface area (Å²) in [5.41, 5.74) is 3.04. The predicted octanol–water partition coefficient (Wildman–Crippen LogP) is 5.23. The highest BCUT2D eigenvalue weighted by molar-refractivity contribution is 9.10. The summed E-state index contributed by atoms with van der Waals surface area (Å²) in [6, 6.07) is 13.8. The highest BCUT2D eigenvalue weighted by Gasteiger charge is 2.14. The molecule has 1 aromatic heterocycles. The number of benzene rings is 2. The number of hydrogen-bond donors (Lipinski definition) is 1. The molecule has 2 aromatic carbocycles. The fourth-order valence-corrected chi connectivity index (χ4v) is 3.28. The number of thioether (sulfide) groups is 1. The van der Waals surface area contributed by atoms with Gasteiger partial charge in [-0.2, -0.15) is 0 Å². The first-order chi connectivity index (χ1) is 12.5. The molecule has 0 unspecified atom stereocenters. The molecule has 0 aliphatic carbocycles. The Hall–Kier alpha value is -2.25. The Balaban J connectivity index is 1.71. The third kappa shape index (κ3) is 4.89. The van der Waals surface area contributed by atoms with Crippen LogP contribution in [0.5, 0.6) is 0 Å². The Morgan fingerprint density at radius 1 is 1.15 bits per heavy atom. The fraction of sp³-hybridized carbons (Fsp3) is 0.105. The summed E-state index contributed by atoms with van der Waals surface area (Å²) in [7, 11) is 0. The molecule has 0 saturated carbocycles. The van der Waals surface area contributed by atoms with Gasteiger partial charge in [-0.05, 0) is 52.7 Å². The van der Waals surface area contributed by atoms with Crippen molar-refractivity contribution < 1.29 is 9.18 Å². The van der Waals surface area contributed by atoms with Crippen LogP contribution in [-0.4, -0.2) is 15.9 Å². The lowest BCUT2D eigenvalue weighted by molar-refractivity contribution is 0.102. The van der Waals surface area contributed by atoms with Crippen molar-refractivity contribution in [2.75, 3.05) is 5.32 Å². The van der Waals surface area contributed by atoms with Gasteiger partial charge in [-0.25, -0.2) is 14.4 Å². The normalized spacial score (nSPS) is 10.6. The second-order valence-electron chi connectivity index (χ2n) is 5.58. The quantitative estimate of drug-likeness (QED) is 0.443. The van der Waals surface area contributed by atoms with E-state index in [2.05, 4.69) is 31.2 Å². The lowest BCUT2D eigenvalue weighted by Crippen LogP contribution is -2.15. The number of amides is 1. The lowest BCUT2D eigenvalue weighted by atomic mass is 10.2. The Labute approximate surface area is 163 Å². The number of nitrogens with zero attached hydrogens (tertiary/aromatic N) is 2. The van der Waals surface area contributed by atoms with Gasteiger partial charge in [0.25, 0.3) is 5.91 Å². The summed E-state index contributed by atoms with van der Waals surface area (Å²) in [6.45, 7) is 1.98. The molecule has 3 rings (SSSR count). The molecule has 1 N–H and O–H groups in total. The van der Waals surface area contributed by atoms with Crippen LogP contribution in [0.3, 0.4) is 0 Å². The van der Waals surface area contributed by atoms with Crippen molar-refractivity contribution in [2.24, 2.45) is 0 Å². The van der Waals surface area contributed by atoms with Gasteiger partial charge in [-0.3, -0.25) is 4.79 Å². The zero-order valence-electron chi connectivity index (χ0n) is 13.9. The maximum atomic E-state index is 13.0. The SMILES string of the molecule is Cc1ccc(NC(=O)c2nc(SCc3ccc(F)cc3)ncc2Br)cc1. The first-order valence-corrected chi connectivity index (χ1v) is 9.57. The minimum atomic E-state index is -0.313. The second kappa shape index (κ2) is 8.42. The smallest absolute Gasteiger partial charge is 0.275 e. The van der Waals surface area contributed by atoms with E-state index in [0.29, 0.717) is 21.1 Å². The van der Waals surface area contributed by atoms with Crippen LogP contribution in [0.2, 0.25) is 0 Å². The summed E-state index contributed by atoms with van der Waals surface area (Å²) >= 11 is 4.71. The van der Waals surface area contributed by atoms with Crippen molar-refractivity contribution in [3.05, 3.63) is 81.8 Å². The molecular formula is C19H15BrFN3OS. The van der Waals surface area contributed by atoms with Crippen LogP contribution < -0.4 is 5.32 Å². The average Bonchev–Trinajstić information content (AvgIpc) is 2.64. The average molecular weight is 432 g/mol. The van der Waals surface area contributed by atoms with E-state index in [1.807, 2.05) is 31.2 Å². The van der Waals surface area contributed by atoms with E-state index in [1.54, 1.807) is 18.3 Å². The number of carbonyl (C=O) groups is 1. The molecule has 0 radical (unpaired) electrons. The van der Waals surface area contributed by atoms with E-state index in [4.69, 9.17) is 0 Å². The van der Waals surface area contributed by atoms with E-state index >= 15 is 0 Å². The third-order valence-electron chi connectivity index (χ3n) is 3.53. The lowest BCUT2D eigenvalue weighted by Gasteiger charge is -2.08. The van der Waals surface area contributed by atoms with Crippen LogP contribution in [0.1, 0.15) is 21.6 Å². The monoisotopic (exact) mass is 431 g/mol. The molecule has 132 valence electrons. The summed E-state index contributed by atoms with van der Waals surface area (Å²) in [5, 5.41) is 3.30. The van der Waals surface area contributed by atoms with Gasteiger partial charge in [0.15, 0.2) is 5.16 Å². The van der Waals surface area contributed by atoms with E-state index in [-0.39, 0.29) is 17.4 Å². The molecule has 0 aliphatic heterocycles. The molecule has 1 amide bonds. The summed E-state index contributed by atoms with van der Waals surface area (Å²) in [4.78, 5) is 21.1. The van der Waals surface area contributed by atoms with E-state index in [9.17, 15) is 9.18 Å². The Kier molecular flexibility index (Phi) is 6.00. The van der Waals surface area contributed by atoms with Crippen molar-refractivity contribution in [3.8, 4) is 0 Å². The first-order valence-electron chi connectivity index (χ1n) is 7.79. The molecule has 1 heterocycles. The van der Waals surface area contributed by atoms with Gasteiger partial charge in [-0.1, -0.05) is 41.6 Å². The van der Waals surface area contributed by atoms with Gasteiger partial charge in [0.2, 0.25) is 0 Å². The van der Waals surface area contributed by atoms with E-state index < -0.39 is 0 Å². The van der Waals surface area contributed by atoms with E-state index in [1.165, 1.54) is 23.9 Å². The Bertz CT molecular complexity index is 917. The molecule has 0 fully saturated rings. The minimum absolute atomic E-state index is 0.266. The number of aromatic nitrogens is 2. The van der Waals surface area contributed by atoms with Gasteiger partial charge >= 0.3 is 0 Å². The molecule has 26 heavy (non-hydrogen) atoms. The van der Waals surface area contributed by atoms with Gasteiger partial charge in [0.05, 0.1) is 4.47 Å². The number of carbonyl (C=O) groups excluding carboxylic acids is 1. The fourth-order valence-electron chi connectivity index (χ4n) is 2.14. The molecule has 4 nitrogen and oxygen atoms in total. The van der Waals surface area contributed by atoms with Crippen LogP contribution in [0.25, 0.3) is 0 Å². The van der Waals surface area contributed by atoms with Gasteiger partial charge in [-0.15, -0.1) is 0 Å². The van der Waals surface area contributed by atoms with Crippen molar-refractivity contribution in [1.29, 1.82) is 0 Å². The van der Waals surface area contributed by atoms with Crippen LogP contribution in [-0.2, 0) is 5.75 Å². The topological polar surface area (TPSA) is 54.9 Å². The number of aryl methyl sites for hydroxylation is 1.